The quantitative estimate of drug-likeness (QED) is 0.406. The lowest BCUT2D eigenvalue weighted by atomic mass is 10.1. The number of benzene rings is 2. The van der Waals surface area contributed by atoms with Crippen molar-refractivity contribution in [2.75, 3.05) is 53.5 Å². The summed E-state index contributed by atoms with van der Waals surface area (Å²) in [4.78, 5) is 5.22. The molecule has 0 bridgehead atoms. The molecule has 32 heavy (non-hydrogen) atoms. The molecule has 3 rings (SSSR count). The Balaban J connectivity index is 1.22. The van der Waals surface area contributed by atoms with Crippen molar-refractivity contribution in [3.63, 3.8) is 0 Å². The van der Waals surface area contributed by atoms with E-state index < -0.39 is 0 Å². The largest absolute Gasteiger partial charge is 0.497 e. The van der Waals surface area contributed by atoms with Gasteiger partial charge in [0.15, 0.2) is 0 Å². The van der Waals surface area contributed by atoms with Crippen molar-refractivity contribution in [1.82, 2.24) is 9.80 Å². The Hall–Kier alpha value is -2.56. The molecule has 172 valence electrons. The number of piperazine rings is 1. The van der Waals surface area contributed by atoms with Gasteiger partial charge in [-0.25, -0.2) is 0 Å². The Morgan fingerprint density at radius 3 is 1.34 bits per heavy atom. The van der Waals surface area contributed by atoms with Gasteiger partial charge in [-0.1, -0.05) is 48.6 Å². The molecule has 4 nitrogen and oxygen atoms in total. The van der Waals surface area contributed by atoms with Gasteiger partial charge in [-0.05, 0) is 74.2 Å². The maximum atomic E-state index is 5.20. The summed E-state index contributed by atoms with van der Waals surface area (Å²) in [5.41, 5.74) is 2.47. The van der Waals surface area contributed by atoms with Gasteiger partial charge in [0.2, 0.25) is 0 Å². The van der Waals surface area contributed by atoms with Crippen LogP contribution < -0.4 is 9.47 Å². The highest BCUT2D eigenvalue weighted by Crippen LogP contribution is 2.14. The SMILES string of the molecule is COc1ccc(C=CCCCN2CCN(CCCC=Cc3ccc(OC)cc3)CC2)cc1. The van der Waals surface area contributed by atoms with E-state index in [1.807, 2.05) is 24.3 Å². The minimum atomic E-state index is 0.909. The van der Waals surface area contributed by atoms with Gasteiger partial charge < -0.3 is 19.3 Å². The number of unbranched alkanes of at least 4 members (excludes halogenated alkanes) is 2. The van der Waals surface area contributed by atoms with Crippen LogP contribution in [0.4, 0.5) is 0 Å². The summed E-state index contributed by atoms with van der Waals surface area (Å²) in [5, 5.41) is 0. The van der Waals surface area contributed by atoms with Crippen LogP contribution in [-0.2, 0) is 0 Å². The van der Waals surface area contributed by atoms with E-state index in [0.29, 0.717) is 0 Å². The number of hydrogen-bond acceptors (Lipinski definition) is 4. The van der Waals surface area contributed by atoms with Crippen LogP contribution >= 0.6 is 0 Å². The molecule has 0 unspecified atom stereocenters. The van der Waals surface area contributed by atoms with Crippen molar-refractivity contribution in [2.24, 2.45) is 0 Å². The molecule has 1 aliphatic heterocycles. The maximum Gasteiger partial charge on any atom is 0.118 e. The molecule has 4 heteroatoms. The van der Waals surface area contributed by atoms with E-state index in [-0.39, 0.29) is 0 Å². The highest BCUT2D eigenvalue weighted by Gasteiger charge is 2.15. The van der Waals surface area contributed by atoms with Crippen LogP contribution in [0.3, 0.4) is 0 Å². The van der Waals surface area contributed by atoms with E-state index in [0.717, 1.165) is 24.3 Å². The lowest BCUT2D eigenvalue weighted by molar-refractivity contribution is 0.131. The molecule has 2 aromatic carbocycles. The summed E-state index contributed by atoms with van der Waals surface area (Å²) in [7, 11) is 3.40. The fourth-order valence-electron chi connectivity index (χ4n) is 3.97. The van der Waals surface area contributed by atoms with E-state index in [9.17, 15) is 0 Å². The fraction of sp³-hybridized carbons (Fsp3) is 0.429. The third kappa shape index (κ3) is 8.52. The van der Waals surface area contributed by atoms with Crippen LogP contribution in [-0.4, -0.2) is 63.3 Å². The van der Waals surface area contributed by atoms with Gasteiger partial charge in [0.1, 0.15) is 11.5 Å². The van der Waals surface area contributed by atoms with Gasteiger partial charge in [-0.15, -0.1) is 0 Å². The lowest BCUT2D eigenvalue weighted by Gasteiger charge is -2.34. The summed E-state index contributed by atoms with van der Waals surface area (Å²) in [6.45, 7) is 7.19. The van der Waals surface area contributed by atoms with Crippen molar-refractivity contribution in [3.05, 3.63) is 71.8 Å². The van der Waals surface area contributed by atoms with Gasteiger partial charge in [-0.2, -0.15) is 0 Å². The Bertz CT molecular complexity index is 748. The standard InChI is InChI=1S/C28H38N2O2/c1-31-27-15-11-25(12-16-27)9-5-3-7-19-29-21-23-30(24-22-29)20-8-4-6-10-26-13-17-28(32-2)18-14-26/h5-6,9-18H,3-4,7-8,19-24H2,1-2H3. The Morgan fingerprint density at radius 2 is 1.00 bits per heavy atom. The van der Waals surface area contributed by atoms with Crippen LogP contribution in [0.25, 0.3) is 12.2 Å². The summed E-state index contributed by atoms with van der Waals surface area (Å²) < 4.78 is 10.4. The van der Waals surface area contributed by atoms with E-state index in [1.54, 1.807) is 14.2 Å². The molecule has 1 heterocycles. The van der Waals surface area contributed by atoms with Gasteiger partial charge in [0.25, 0.3) is 0 Å². The number of rotatable bonds is 12. The Kier molecular flexibility index (Phi) is 10.4. The Morgan fingerprint density at radius 1 is 0.625 bits per heavy atom. The number of hydrogen-bond donors (Lipinski definition) is 0. The molecule has 1 saturated heterocycles. The number of ether oxygens (including phenoxy) is 2. The molecule has 0 saturated carbocycles. The van der Waals surface area contributed by atoms with Crippen molar-refractivity contribution in [2.45, 2.75) is 25.7 Å². The second kappa shape index (κ2) is 13.8. The average molecular weight is 435 g/mol. The number of nitrogens with zero attached hydrogens (tertiary/aromatic N) is 2. The Labute approximate surface area is 194 Å². The van der Waals surface area contributed by atoms with Crippen LogP contribution in [0.15, 0.2) is 60.7 Å². The molecule has 1 fully saturated rings. The molecule has 0 radical (unpaired) electrons. The van der Waals surface area contributed by atoms with E-state index >= 15 is 0 Å². The van der Waals surface area contributed by atoms with Gasteiger partial charge in [0.05, 0.1) is 14.2 Å². The second-order valence-electron chi connectivity index (χ2n) is 8.32. The highest BCUT2D eigenvalue weighted by molar-refractivity contribution is 5.51. The topological polar surface area (TPSA) is 24.9 Å². The smallest absolute Gasteiger partial charge is 0.118 e. The zero-order valence-electron chi connectivity index (χ0n) is 19.7. The molecule has 0 N–H and O–H groups in total. The number of allylic oxidation sites excluding steroid dienone is 2. The van der Waals surface area contributed by atoms with Gasteiger partial charge >= 0.3 is 0 Å². The minimum Gasteiger partial charge on any atom is -0.497 e. The van der Waals surface area contributed by atoms with Crippen molar-refractivity contribution in [3.8, 4) is 11.5 Å². The highest BCUT2D eigenvalue weighted by atomic mass is 16.5. The first-order valence-corrected chi connectivity index (χ1v) is 11.8. The van der Waals surface area contributed by atoms with E-state index in [2.05, 4.69) is 58.4 Å². The van der Waals surface area contributed by atoms with E-state index in [4.69, 9.17) is 9.47 Å². The monoisotopic (exact) mass is 434 g/mol. The van der Waals surface area contributed by atoms with Crippen molar-refractivity contribution < 1.29 is 9.47 Å². The predicted octanol–water partition coefficient (Wildman–Crippen LogP) is 5.61. The third-order valence-corrected chi connectivity index (χ3v) is 6.01. The summed E-state index contributed by atoms with van der Waals surface area (Å²) in [6.07, 6.45) is 13.7. The van der Waals surface area contributed by atoms with Crippen LogP contribution in [0.5, 0.6) is 11.5 Å². The first kappa shape index (κ1) is 24.1. The second-order valence-corrected chi connectivity index (χ2v) is 8.32. The molecule has 2 aromatic rings. The van der Waals surface area contributed by atoms with E-state index in [1.165, 1.54) is 63.2 Å². The molecule has 0 atom stereocenters. The van der Waals surface area contributed by atoms with Crippen LogP contribution in [0.1, 0.15) is 36.8 Å². The van der Waals surface area contributed by atoms with Crippen molar-refractivity contribution >= 4 is 12.2 Å². The number of methoxy groups -OCH3 is 2. The zero-order valence-corrected chi connectivity index (χ0v) is 19.7. The normalized spacial score (nSPS) is 15.6. The zero-order chi connectivity index (χ0) is 22.4. The fourth-order valence-corrected chi connectivity index (χ4v) is 3.97. The first-order chi connectivity index (χ1) is 15.8. The average Bonchev–Trinajstić information content (AvgIpc) is 2.85. The van der Waals surface area contributed by atoms with Crippen LogP contribution in [0, 0.1) is 0 Å². The predicted molar refractivity (Wildman–Crippen MR) is 135 cm³/mol. The molecule has 0 spiro atoms. The van der Waals surface area contributed by atoms with Gasteiger partial charge in [-0.3, -0.25) is 0 Å². The summed E-state index contributed by atoms with van der Waals surface area (Å²) >= 11 is 0. The minimum absolute atomic E-state index is 0.909. The summed E-state index contributed by atoms with van der Waals surface area (Å²) in [6, 6.07) is 16.4. The third-order valence-electron chi connectivity index (χ3n) is 6.01. The molecular formula is C28H38N2O2. The van der Waals surface area contributed by atoms with Crippen molar-refractivity contribution in [1.29, 1.82) is 0 Å². The van der Waals surface area contributed by atoms with Crippen LogP contribution in [0.2, 0.25) is 0 Å². The molecule has 0 aromatic heterocycles. The lowest BCUT2D eigenvalue weighted by Crippen LogP contribution is -2.46. The molecular weight excluding hydrogens is 396 g/mol. The maximum absolute atomic E-state index is 5.20. The first-order valence-electron chi connectivity index (χ1n) is 11.8. The molecule has 0 amide bonds. The summed E-state index contributed by atoms with van der Waals surface area (Å²) in [5.74, 6) is 1.82. The van der Waals surface area contributed by atoms with Gasteiger partial charge in [0, 0.05) is 26.2 Å². The molecule has 1 aliphatic rings. The molecule has 0 aliphatic carbocycles.